The van der Waals surface area contributed by atoms with Crippen LogP contribution in [-0.4, -0.2) is 59.1 Å². The van der Waals surface area contributed by atoms with Crippen molar-refractivity contribution in [2.45, 2.75) is 33.1 Å². The summed E-state index contributed by atoms with van der Waals surface area (Å²) in [4.78, 5) is 44.5. The number of benzene rings is 2. The normalized spacial score (nSPS) is 12.9. The van der Waals surface area contributed by atoms with Gasteiger partial charge in [0, 0.05) is 43.1 Å². The van der Waals surface area contributed by atoms with E-state index in [2.05, 4.69) is 23.9 Å². The number of nitrogens with zero attached hydrogens (tertiary/aromatic N) is 4. The maximum Gasteiger partial charge on any atom is 0.281 e. The van der Waals surface area contributed by atoms with Gasteiger partial charge in [-0.15, -0.1) is 0 Å². The van der Waals surface area contributed by atoms with Crippen LogP contribution in [0.25, 0.3) is 28.0 Å². The molecule has 192 valence electrons. The molecule has 1 aromatic heterocycles. The Hall–Kier alpha value is -4.11. The Bertz CT molecular complexity index is 1470. The number of hydrogen-bond donors (Lipinski definition) is 1. The molecule has 0 atom stereocenters. The molecule has 0 fully saturated rings. The maximum atomic E-state index is 13.2. The minimum Gasteiger partial charge on any atom is -0.387 e. The highest BCUT2D eigenvalue weighted by molar-refractivity contribution is 6.05. The Morgan fingerprint density at radius 2 is 1.78 bits per heavy atom. The maximum absolute atomic E-state index is 13.2. The fourth-order valence-corrected chi connectivity index (χ4v) is 4.46. The zero-order valence-corrected chi connectivity index (χ0v) is 21.4. The number of amidine groups is 1. The minimum atomic E-state index is -0.530. The Labute approximate surface area is 215 Å². The van der Waals surface area contributed by atoms with E-state index in [1.807, 2.05) is 41.3 Å². The second-order valence-corrected chi connectivity index (χ2v) is 9.01. The second-order valence-electron chi connectivity index (χ2n) is 9.01. The van der Waals surface area contributed by atoms with Crippen LogP contribution in [0.1, 0.15) is 43.5 Å². The summed E-state index contributed by atoms with van der Waals surface area (Å²) in [5.74, 6) is -0.152. The summed E-state index contributed by atoms with van der Waals surface area (Å²) in [5, 5.41) is 5.01. The molecule has 37 heavy (non-hydrogen) atoms. The Morgan fingerprint density at radius 3 is 2.49 bits per heavy atom. The van der Waals surface area contributed by atoms with Gasteiger partial charge in [0.2, 0.25) is 5.91 Å². The Balaban J connectivity index is 1.69. The predicted octanol–water partition coefficient (Wildman–Crippen LogP) is 3.77. The first-order chi connectivity index (χ1) is 17.9. The topological polar surface area (TPSA) is 120 Å². The molecule has 3 aromatic rings. The number of nitrogens with two attached hydrogens (primary N) is 1. The van der Waals surface area contributed by atoms with Gasteiger partial charge in [-0.3, -0.25) is 14.4 Å². The molecule has 1 aliphatic rings. The smallest absolute Gasteiger partial charge is 0.281 e. The van der Waals surface area contributed by atoms with Crippen molar-refractivity contribution in [3.63, 3.8) is 0 Å². The van der Waals surface area contributed by atoms with Crippen LogP contribution < -0.4 is 11.3 Å². The average molecular weight is 502 g/mol. The van der Waals surface area contributed by atoms with Gasteiger partial charge in [0.15, 0.2) is 0 Å². The average Bonchev–Trinajstić information content (AvgIpc) is 3.05. The number of ether oxygens (including phenoxy) is 1. The molecule has 4 rings (SSSR count). The second kappa shape index (κ2) is 11.3. The fraction of sp³-hybridized carbons (Fsp3) is 0.321. The van der Waals surface area contributed by atoms with Gasteiger partial charge in [0.1, 0.15) is 12.4 Å². The molecule has 2 heterocycles. The number of fused-ring (bicyclic) bond motifs is 2. The lowest BCUT2D eigenvalue weighted by molar-refractivity contribution is -0.127. The quantitative estimate of drug-likeness (QED) is 0.502. The molecular weight excluding hydrogens is 470 g/mol. The van der Waals surface area contributed by atoms with Crippen molar-refractivity contribution < 1.29 is 14.3 Å². The van der Waals surface area contributed by atoms with E-state index >= 15 is 0 Å². The highest BCUT2D eigenvalue weighted by atomic mass is 16.5. The number of aromatic nitrogens is 2. The first kappa shape index (κ1) is 26.0. The monoisotopic (exact) mass is 501 g/mol. The van der Waals surface area contributed by atoms with E-state index in [1.165, 1.54) is 13.3 Å². The van der Waals surface area contributed by atoms with E-state index in [1.54, 1.807) is 6.07 Å². The van der Waals surface area contributed by atoms with Gasteiger partial charge >= 0.3 is 0 Å². The summed E-state index contributed by atoms with van der Waals surface area (Å²) in [6.45, 7) is 5.30. The number of amides is 1. The molecule has 0 radical (unpaired) electrons. The van der Waals surface area contributed by atoms with Crippen molar-refractivity contribution in [1.82, 2.24) is 14.7 Å². The summed E-state index contributed by atoms with van der Waals surface area (Å²) in [5.41, 5.74) is 9.59. The highest BCUT2D eigenvalue weighted by Crippen LogP contribution is 2.33. The fourth-order valence-electron chi connectivity index (χ4n) is 4.46. The molecule has 0 saturated heterocycles. The summed E-state index contributed by atoms with van der Waals surface area (Å²) in [7, 11) is 1.39. The lowest BCUT2D eigenvalue weighted by Gasteiger charge is -2.22. The van der Waals surface area contributed by atoms with Crippen LogP contribution in [0.15, 0.2) is 58.0 Å². The van der Waals surface area contributed by atoms with E-state index in [9.17, 15) is 14.4 Å². The molecule has 1 amide bonds. The van der Waals surface area contributed by atoms with Crippen molar-refractivity contribution in [2.75, 3.05) is 26.8 Å². The van der Waals surface area contributed by atoms with Crippen LogP contribution in [0.4, 0.5) is 5.69 Å². The van der Waals surface area contributed by atoms with Crippen molar-refractivity contribution in [3.05, 3.63) is 64.1 Å². The van der Waals surface area contributed by atoms with Crippen LogP contribution in [0.5, 0.6) is 0 Å². The number of methoxy groups -OCH3 is 1. The molecule has 1 aliphatic heterocycles. The van der Waals surface area contributed by atoms with Gasteiger partial charge < -0.3 is 15.4 Å². The van der Waals surface area contributed by atoms with E-state index in [0.717, 1.165) is 34.2 Å². The standard InChI is InChI=1S/C28H31N5O4/c1-4-10-32(11-5-2)27(35)21-13-20-7-6-19(14-24(20)31-25(29)15-21)18-8-9-23-22(12-18)16-30-33(28(23)36)26(34)17-37-3/h6-9,12-14,16H,4-5,10-11,15,17H2,1-3H3,(H2,29,31). The molecule has 9 heteroatoms. The molecule has 9 nitrogen and oxygen atoms in total. The third-order valence-corrected chi connectivity index (χ3v) is 6.17. The van der Waals surface area contributed by atoms with Crippen LogP contribution in [0.3, 0.4) is 0 Å². The molecule has 2 aromatic carbocycles. The first-order valence-corrected chi connectivity index (χ1v) is 12.4. The molecule has 0 saturated carbocycles. The molecule has 0 aliphatic carbocycles. The minimum absolute atomic E-state index is 0.00422. The Kier molecular flexibility index (Phi) is 7.93. The molecular formula is C28H31N5O4. The third-order valence-electron chi connectivity index (χ3n) is 6.17. The number of aliphatic imine (C=N–C) groups is 1. The van der Waals surface area contributed by atoms with Crippen LogP contribution in [-0.2, 0) is 9.53 Å². The summed E-state index contributed by atoms with van der Waals surface area (Å²) >= 11 is 0. The molecule has 2 N–H and O–H groups in total. The van der Waals surface area contributed by atoms with Gasteiger partial charge in [-0.2, -0.15) is 9.78 Å². The summed E-state index contributed by atoms with van der Waals surface area (Å²) in [6, 6.07) is 11.1. The van der Waals surface area contributed by atoms with Crippen molar-refractivity contribution in [2.24, 2.45) is 10.7 Å². The van der Waals surface area contributed by atoms with E-state index < -0.39 is 11.5 Å². The third kappa shape index (κ3) is 5.51. The number of carbonyl (C=O) groups is 2. The number of hydrogen-bond acceptors (Lipinski definition) is 7. The molecule has 0 spiro atoms. The SMILES string of the molecule is CCCN(CCC)C(=O)C1=Cc2ccc(-c3ccc4c(=O)n(C(=O)COC)ncc4c3)cc2N=C(N)C1. The molecule has 0 unspecified atom stereocenters. The van der Waals surface area contributed by atoms with Gasteiger partial charge in [0.25, 0.3) is 11.5 Å². The van der Waals surface area contributed by atoms with Gasteiger partial charge in [0.05, 0.1) is 17.3 Å². The lowest BCUT2D eigenvalue weighted by Crippen LogP contribution is -2.34. The first-order valence-electron chi connectivity index (χ1n) is 12.4. The van der Waals surface area contributed by atoms with Crippen molar-refractivity contribution in [1.29, 1.82) is 0 Å². The van der Waals surface area contributed by atoms with Crippen LogP contribution in [0, 0.1) is 0 Å². The lowest BCUT2D eigenvalue weighted by atomic mass is 9.99. The van der Waals surface area contributed by atoms with Gasteiger partial charge in [-0.25, -0.2) is 4.99 Å². The summed E-state index contributed by atoms with van der Waals surface area (Å²) in [6.07, 6.45) is 5.45. The Morgan fingerprint density at radius 1 is 1.08 bits per heavy atom. The zero-order valence-electron chi connectivity index (χ0n) is 21.4. The van der Waals surface area contributed by atoms with Gasteiger partial charge in [-0.05, 0) is 48.2 Å². The van der Waals surface area contributed by atoms with Crippen LogP contribution in [0.2, 0.25) is 0 Å². The van der Waals surface area contributed by atoms with Crippen molar-refractivity contribution >= 4 is 40.2 Å². The predicted molar refractivity (Wildman–Crippen MR) is 145 cm³/mol. The summed E-state index contributed by atoms with van der Waals surface area (Å²) < 4.78 is 5.64. The zero-order chi connectivity index (χ0) is 26.5. The van der Waals surface area contributed by atoms with Crippen LogP contribution >= 0.6 is 0 Å². The van der Waals surface area contributed by atoms with Gasteiger partial charge in [-0.1, -0.05) is 32.0 Å². The van der Waals surface area contributed by atoms with Crippen molar-refractivity contribution in [3.8, 4) is 11.1 Å². The molecule has 0 bridgehead atoms. The van der Waals surface area contributed by atoms with E-state index in [0.29, 0.717) is 47.4 Å². The highest BCUT2D eigenvalue weighted by Gasteiger charge is 2.21. The largest absolute Gasteiger partial charge is 0.387 e. The van der Waals surface area contributed by atoms with E-state index in [4.69, 9.17) is 10.5 Å². The van der Waals surface area contributed by atoms with E-state index in [-0.39, 0.29) is 12.5 Å². The number of carbonyl (C=O) groups excluding carboxylic acids is 2. The number of rotatable bonds is 8.